The first-order valence-corrected chi connectivity index (χ1v) is 5.08. The van der Waals surface area contributed by atoms with E-state index in [-0.39, 0.29) is 0 Å². The molecule has 0 saturated heterocycles. The second-order valence-corrected chi connectivity index (χ2v) is 3.59. The van der Waals surface area contributed by atoms with Gasteiger partial charge in [0.25, 0.3) is 0 Å². The molecule has 2 unspecified atom stereocenters. The lowest BCUT2D eigenvalue weighted by Gasteiger charge is -2.11. The maximum Gasteiger partial charge on any atom is 0.170 e. The lowest BCUT2D eigenvalue weighted by atomic mass is 10.0. The summed E-state index contributed by atoms with van der Waals surface area (Å²) < 4.78 is 0. The highest BCUT2D eigenvalue weighted by Gasteiger charge is 2.22. The molecule has 0 aliphatic carbocycles. The van der Waals surface area contributed by atoms with Gasteiger partial charge in [0, 0.05) is 5.56 Å². The standard InChI is InChI=1S/C12H11N3O2/c13-6-10(16)12(17)9-7-14-15-11(9)8-4-2-1-3-5-8/h1-5,7,10,12,16-17H,(H,14,15). The van der Waals surface area contributed by atoms with Crippen LogP contribution >= 0.6 is 0 Å². The number of nitrogens with zero attached hydrogens (tertiary/aromatic N) is 2. The summed E-state index contributed by atoms with van der Waals surface area (Å²) in [5.41, 5.74) is 1.85. The molecule has 3 N–H and O–H groups in total. The molecule has 1 heterocycles. The van der Waals surface area contributed by atoms with Gasteiger partial charge in [-0.25, -0.2) is 0 Å². The Morgan fingerprint density at radius 2 is 1.94 bits per heavy atom. The minimum Gasteiger partial charge on any atom is -0.384 e. The van der Waals surface area contributed by atoms with Gasteiger partial charge in [-0.3, -0.25) is 5.10 Å². The molecular weight excluding hydrogens is 218 g/mol. The van der Waals surface area contributed by atoms with Gasteiger partial charge in [0.1, 0.15) is 6.10 Å². The molecule has 17 heavy (non-hydrogen) atoms. The summed E-state index contributed by atoms with van der Waals surface area (Å²) >= 11 is 0. The lowest BCUT2D eigenvalue weighted by Crippen LogP contribution is -2.15. The van der Waals surface area contributed by atoms with Crippen LogP contribution in [-0.4, -0.2) is 26.5 Å². The molecule has 0 saturated carbocycles. The van der Waals surface area contributed by atoms with Crippen molar-refractivity contribution in [2.45, 2.75) is 12.2 Å². The van der Waals surface area contributed by atoms with Crippen LogP contribution in [0.3, 0.4) is 0 Å². The van der Waals surface area contributed by atoms with E-state index in [9.17, 15) is 10.2 Å². The Labute approximate surface area is 98.0 Å². The molecule has 5 heteroatoms. The number of hydrogen-bond acceptors (Lipinski definition) is 4. The first-order chi connectivity index (χ1) is 8.24. The topological polar surface area (TPSA) is 92.9 Å². The highest BCUT2D eigenvalue weighted by Crippen LogP contribution is 2.27. The number of aliphatic hydroxyl groups is 2. The fourth-order valence-corrected chi connectivity index (χ4v) is 1.60. The number of aromatic amines is 1. The average molecular weight is 229 g/mol. The molecule has 0 amide bonds. The summed E-state index contributed by atoms with van der Waals surface area (Å²) in [5.74, 6) is 0. The van der Waals surface area contributed by atoms with Crippen molar-refractivity contribution in [2.24, 2.45) is 0 Å². The summed E-state index contributed by atoms with van der Waals surface area (Å²) in [5, 5.41) is 34.3. The van der Waals surface area contributed by atoms with Crippen molar-refractivity contribution in [3.63, 3.8) is 0 Å². The maximum absolute atomic E-state index is 9.79. The van der Waals surface area contributed by atoms with Crippen molar-refractivity contribution in [1.82, 2.24) is 10.2 Å². The lowest BCUT2D eigenvalue weighted by molar-refractivity contribution is 0.0532. The van der Waals surface area contributed by atoms with Gasteiger partial charge in [-0.1, -0.05) is 30.3 Å². The van der Waals surface area contributed by atoms with Gasteiger partial charge < -0.3 is 10.2 Å². The SMILES string of the molecule is N#CC(O)C(O)c1cn[nH]c1-c1ccccc1. The summed E-state index contributed by atoms with van der Waals surface area (Å²) in [6.07, 6.45) is -1.32. The maximum atomic E-state index is 9.79. The van der Waals surface area contributed by atoms with Crippen LogP contribution in [0.1, 0.15) is 11.7 Å². The van der Waals surface area contributed by atoms with E-state index in [0.29, 0.717) is 11.3 Å². The van der Waals surface area contributed by atoms with Crippen molar-refractivity contribution >= 4 is 0 Å². The Bertz CT molecular complexity index is 530. The first kappa shape index (κ1) is 11.3. The van der Waals surface area contributed by atoms with Gasteiger partial charge in [-0.15, -0.1) is 0 Å². The third-order valence-corrected chi connectivity index (χ3v) is 2.48. The van der Waals surface area contributed by atoms with Crippen molar-refractivity contribution in [1.29, 1.82) is 5.26 Å². The minimum atomic E-state index is -1.46. The van der Waals surface area contributed by atoms with Crippen LogP contribution in [0.25, 0.3) is 11.3 Å². The highest BCUT2D eigenvalue weighted by molar-refractivity contribution is 5.63. The fourth-order valence-electron chi connectivity index (χ4n) is 1.60. The van der Waals surface area contributed by atoms with Crippen LogP contribution in [0.15, 0.2) is 36.5 Å². The number of benzene rings is 1. The van der Waals surface area contributed by atoms with Gasteiger partial charge >= 0.3 is 0 Å². The predicted octanol–water partition coefficient (Wildman–Crippen LogP) is 0.995. The Morgan fingerprint density at radius 3 is 2.59 bits per heavy atom. The van der Waals surface area contributed by atoms with Gasteiger partial charge in [0.05, 0.1) is 18.0 Å². The normalized spacial score (nSPS) is 13.9. The van der Waals surface area contributed by atoms with Crippen molar-refractivity contribution in [3.8, 4) is 17.3 Å². The molecule has 0 fully saturated rings. The number of aliphatic hydroxyl groups excluding tert-OH is 2. The minimum absolute atomic E-state index is 0.408. The summed E-state index contributed by atoms with van der Waals surface area (Å²) in [4.78, 5) is 0. The molecule has 0 aliphatic heterocycles. The summed E-state index contributed by atoms with van der Waals surface area (Å²) in [6, 6.07) is 10.9. The number of H-pyrrole nitrogens is 1. The van der Waals surface area contributed by atoms with Crippen LogP contribution in [0.2, 0.25) is 0 Å². The Hall–Kier alpha value is -2.16. The molecule has 0 radical (unpaired) electrons. The Morgan fingerprint density at radius 1 is 1.24 bits per heavy atom. The van der Waals surface area contributed by atoms with Gasteiger partial charge in [-0.2, -0.15) is 10.4 Å². The van der Waals surface area contributed by atoms with Gasteiger partial charge in [0.15, 0.2) is 6.10 Å². The van der Waals surface area contributed by atoms with Crippen LogP contribution in [-0.2, 0) is 0 Å². The summed E-state index contributed by atoms with van der Waals surface area (Å²) in [6.45, 7) is 0. The molecule has 2 atom stereocenters. The summed E-state index contributed by atoms with van der Waals surface area (Å²) in [7, 11) is 0. The molecule has 1 aromatic heterocycles. The number of rotatable bonds is 3. The first-order valence-electron chi connectivity index (χ1n) is 5.08. The zero-order valence-corrected chi connectivity index (χ0v) is 8.91. The third-order valence-electron chi connectivity index (χ3n) is 2.48. The molecule has 2 aromatic rings. The van der Waals surface area contributed by atoms with Gasteiger partial charge in [0.2, 0.25) is 0 Å². The molecule has 0 bridgehead atoms. The molecular formula is C12H11N3O2. The Balaban J connectivity index is 2.39. The van der Waals surface area contributed by atoms with Crippen LogP contribution in [0.5, 0.6) is 0 Å². The van der Waals surface area contributed by atoms with Crippen LogP contribution in [0.4, 0.5) is 0 Å². The second-order valence-electron chi connectivity index (χ2n) is 3.59. The number of hydrogen-bond donors (Lipinski definition) is 3. The van der Waals surface area contributed by atoms with E-state index in [0.717, 1.165) is 5.56 Å². The van der Waals surface area contributed by atoms with E-state index < -0.39 is 12.2 Å². The van der Waals surface area contributed by atoms with Crippen LogP contribution in [0, 0.1) is 11.3 Å². The van der Waals surface area contributed by atoms with E-state index in [1.54, 1.807) is 6.07 Å². The van der Waals surface area contributed by atoms with E-state index in [2.05, 4.69) is 10.2 Å². The second kappa shape index (κ2) is 4.78. The fraction of sp³-hybridized carbons (Fsp3) is 0.167. The highest BCUT2D eigenvalue weighted by atomic mass is 16.3. The molecule has 86 valence electrons. The van der Waals surface area contributed by atoms with Crippen molar-refractivity contribution in [2.75, 3.05) is 0 Å². The monoisotopic (exact) mass is 229 g/mol. The molecule has 0 spiro atoms. The molecule has 1 aromatic carbocycles. The molecule has 5 nitrogen and oxygen atoms in total. The van der Waals surface area contributed by atoms with E-state index >= 15 is 0 Å². The number of nitriles is 1. The number of nitrogens with one attached hydrogen (secondary N) is 1. The Kier molecular flexibility index (Phi) is 3.19. The van der Waals surface area contributed by atoms with Crippen molar-refractivity contribution < 1.29 is 10.2 Å². The van der Waals surface area contributed by atoms with Crippen molar-refractivity contribution in [3.05, 3.63) is 42.1 Å². The quantitative estimate of drug-likeness (QED) is 0.684. The molecule has 0 aliphatic rings. The number of aromatic nitrogens is 2. The van der Waals surface area contributed by atoms with E-state index in [4.69, 9.17) is 5.26 Å². The third kappa shape index (κ3) is 2.18. The predicted molar refractivity (Wildman–Crippen MR) is 60.6 cm³/mol. The van der Waals surface area contributed by atoms with Gasteiger partial charge in [-0.05, 0) is 5.56 Å². The zero-order chi connectivity index (χ0) is 12.3. The average Bonchev–Trinajstić information content (AvgIpc) is 2.87. The van der Waals surface area contributed by atoms with E-state index in [1.807, 2.05) is 30.3 Å². The smallest absolute Gasteiger partial charge is 0.170 e. The van der Waals surface area contributed by atoms with E-state index in [1.165, 1.54) is 6.20 Å². The largest absolute Gasteiger partial charge is 0.384 e. The van der Waals surface area contributed by atoms with Crippen LogP contribution < -0.4 is 0 Å². The zero-order valence-electron chi connectivity index (χ0n) is 8.91. The molecule has 2 rings (SSSR count).